The second-order valence-corrected chi connectivity index (χ2v) is 11.6. The lowest BCUT2D eigenvalue weighted by molar-refractivity contribution is -0.128. The molecule has 1 aliphatic rings. The third kappa shape index (κ3) is 6.88. The van der Waals surface area contributed by atoms with Crippen molar-refractivity contribution in [3.8, 4) is 5.75 Å². The van der Waals surface area contributed by atoms with E-state index in [1.165, 1.54) is 11.8 Å². The van der Waals surface area contributed by atoms with Crippen LogP contribution in [-0.2, 0) is 16.1 Å². The van der Waals surface area contributed by atoms with Crippen molar-refractivity contribution in [3.05, 3.63) is 100 Å². The van der Waals surface area contributed by atoms with Gasteiger partial charge in [-0.15, -0.1) is 12.4 Å². The Kier molecular flexibility index (Phi) is 10.6. The van der Waals surface area contributed by atoms with Gasteiger partial charge in [-0.1, -0.05) is 52.3 Å². The second kappa shape index (κ2) is 14.2. The van der Waals surface area contributed by atoms with E-state index in [1.807, 2.05) is 36.4 Å². The number of para-hydroxylation sites is 2. The first kappa shape index (κ1) is 33.6. The minimum absolute atomic E-state index is 0. The molecule has 4 aromatic rings. The Labute approximate surface area is 276 Å². The zero-order valence-corrected chi connectivity index (χ0v) is 27.7. The standard InChI is InChI=1S/C34H33BrN4O5.ClH/c1-20(36-3)32(41)37-28-19-39(33(42)23-11-9-22(10-12-23)21(2)40)30-8-6-5-7-29(30)38(34(28)43)18-27-26-15-14-25(35)17-24(26)13-16-31(27)44-4;/h5-17,20,28,36H,18-19H2,1-4H3,(H,37,41);1H/t20?,28-;/m0./s1. The number of methoxy groups -OCH3 is 1. The Morgan fingerprint density at radius 1 is 0.978 bits per heavy atom. The molecule has 1 aliphatic heterocycles. The molecule has 0 saturated heterocycles. The number of rotatable bonds is 8. The van der Waals surface area contributed by atoms with Gasteiger partial charge < -0.3 is 25.2 Å². The number of nitrogens with zero attached hydrogens (tertiary/aromatic N) is 2. The van der Waals surface area contributed by atoms with Gasteiger partial charge in [0.15, 0.2) is 5.78 Å². The molecule has 5 rings (SSSR count). The van der Waals surface area contributed by atoms with Crippen molar-refractivity contribution in [2.24, 2.45) is 0 Å². The summed E-state index contributed by atoms with van der Waals surface area (Å²) in [7, 11) is 3.24. The van der Waals surface area contributed by atoms with E-state index >= 15 is 0 Å². The maximum atomic E-state index is 14.4. The van der Waals surface area contributed by atoms with Gasteiger partial charge in [0.05, 0.1) is 37.6 Å². The molecule has 0 fully saturated rings. The van der Waals surface area contributed by atoms with Crippen molar-refractivity contribution in [2.75, 3.05) is 30.5 Å². The molecule has 2 atom stereocenters. The highest BCUT2D eigenvalue weighted by Crippen LogP contribution is 2.38. The number of carbonyl (C=O) groups excluding carboxylic acids is 4. The Hall–Kier alpha value is -4.25. The van der Waals surface area contributed by atoms with E-state index in [0.29, 0.717) is 28.3 Å². The molecule has 0 radical (unpaired) electrons. The zero-order chi connectivity index (χ0) is 31.5. The maximum absolute atomic E-state index is 14.4. The largest absolute Gasteiger partial charge is 0.496 e. The molecule has 4 aromatic carbocycles. The number of hydrogen-bond donors (Lipinski definition) is 2. The number of anilines is 2. The molecule has 2 N–H and O–H groups in total. The molecule has 234 valence electrons. The Balaban J connectivity index is 0.00000461. The molecule has 9 nitrogen and oxygen atoms in total. The fourth-order valence-electron chi connectivity index (χ4n) is 5.34. The maximum Gasteiger partial charge on any atom is 0.258 e. The Morgan fingerprint density at radius 2 is 1.64 bits per heavy atom. The van der Waals surface area contributed by atoms with Crippen LogP contribution in [0.5, 0.6) is 5.75 Å². The summed E-state index contributed by atoms with van der Waals surface area (Å²) >= 11 is 3.54. The van der Waals surface area contributed by atoms with E-state index < -0.39 is 12.1 Å². The van der Waals surface area contributed by atoms with Crippen molar-refractivity contribution < 1.29 is 23.9 Å². The number of carbonyl (C=O) groups is 4. The van der Waals surface area contributed by atoms with Gasteiger partial charge in [0, 0.05) is 21.2 Å². The second-order valence-electron chi connectivity index (χ2n) is 10.6. The van der Waals surface area contributed by atoms with Crippen LogP contribution in [0.4, 0.5) is 11.4 Å². The van der Waals surface area contributed by atoms with Crippen molar-refractivity contribution in [2.45, 2.75) is 32.5 Å². The van der Waals surface area contributed by atoms with Gasteiger partial charge in [-0.25, -0.2) is 0 Å². The minimum atomic E-state index is -1.05. The van der Waals surface area contributed by atoms with Crippen LogP contribution < -0.4 is 25.2 Å². The molecular formula is C34H34BrClN4O5. The van der Waals surface area contributed by atoms with Gasteiger partial charge in [-0.05, 0) is 74.1 Å². The predicted molar refractivity (Wildman–Crippen MR) is 182 cm³/mol. The number of nitrogens with one attached hydrogen (secondary N) is 2. The number of likely N-dealkylation sites (N-methyl/N-ethyl adjacent to an activating group) is 1. The van der Waals surface area contributed by atoms with E-state index in [4.69, 9.17) is 4.74 Å². The van der Waals surface area contributed by atoms with Crippen molar-refractivity contribution >= 4 is 74.0 Å². The minimum Gasteiger partial charge on any atom is -0.496 e. The smallest absolute Gasteiger partial charge is 0.258 e. The molecule has 0 saturated carbocycles. The number of ether oxygens (including phenoxy) is 1. The van der Waals surface area contributed by atoms with Crippen LogP contribution >= 0.6 is 28.3 Å². The van der Waals surface area contributed by atoms with E-state index in [-0.39, 0.29) is 49.0 Å². The monoisotopic (exact) mass is 692 g/mol. The molecule has 0 aromatic heterocycles. The summed E-state index contributed by atoms with van der Waals surface area (Å²) in [6, 6.07) is 21.7. The van der Waals surface area contributed by atoms with Gasteiger partial charge in [-0.3, -0.25) is 19.2 Å². The number of hydrogen-bond acceptors (Lipinski definition) is 6. The average Bonchev–Trinajstić information content (AvgIpc) is 3.14. The van der Waals surface area contributed by atoms with Crippen LogP contribution in [0.25, 0.3) is 10.8 Å². The first-order valence-corrected chi connectivity index (χ1v) is 15.0. The third-order valence-corrected chi connectivity index (χ3v) is 8.40. The van der Waals surface area contributed by atoms with Gasteiger partial charge in [-0.2, -0.15) is 0 Å². The normalized spacial score (nSPS) is 15.0. The lowest BCUT2D eigenvalue weighted by Gasteiger charge is -2.27. The summed E-state index contributed by atoms with van der Waals surface area (Å²) in [4.78, 5) is 56.5. The highest BCUT2D eigenvalue weighted by atomic mass is 79.9. The van der Waals surface area contributed by atoms with Gasteiger partial charge in [0.2, 0.25) is 5.91 Å². The summed E-state index contributed by atoms with van der Waals surface area (Å²) in [5, 5.41) is 7.65. The summed E-state index contributed by atoms with van der Waals surface area (Å²) in [5.41, 5.74) is 2.65. The molecule has 11 heteroatoms. The molecule has 0 spiro atoms. The summed E-state index contributed by atoms with van der Waals surface area (Å²) in [6.45, 7) is 3.19. The van der Waals surface area contributed by atoms with Gasteiger partial charge in [0.1, 0.15) is 11.8 Å². The quantitative estimate of drug-likeness (QED) is 0.236. The van der Waals surface area contributed by atoms with E-state index in [0.717, 1.165) is 20.8 Å². The highest BCUT2D eigenvalue weighted by Gasteiger charge is 2.38. The lowest BCUT2D eigenvalue weighted by Crippen LogP contribution is -2.55. The van der Waals surface area contributed by atoms with Crippen LogP contribution in [0.2, 0.25) is 0 Å². The van der Waals surface area contributed by atoms with Crippen LogP contribution in [0.3, 0.4) is 0 Å². The van der Waals surface area contributed by atoms with E-state index in [2.05, 4.69) is 26.6 Å². The lowest BCUT2D eigenvalue weighted by atomic mass is 10.0. The number of Topliss-reactive ketones (excluding diaryl/α,β-unsaturated/α-hetero) is 1. The SMILES string of the molecule is CNC(C)C(=O)N[C@H]1CN(C(=O)c2ccc(C(C)=O)cc2)c2ccccc2N(Cc2c(OC)ccc3cc(Br)ccc23)C1=O.Cl. The molecule has 0 bridgehead atoms. The van der Waals surface area contributed by atoms with Crippen molar-refractivity contribution in [3.63, 3.8) is 0 Å². The van der Waals surface area contributed by atoms with Gasteiger partial charge in [0.25, 0.3) is 11.8 Å². The van der Waals surface area contributed by atoms with Crippen LogP contribution in [0.1, 0.15) is 40.1 Å². The third-order valence-electron chi connectivity index (χ3n) is 7.91. The highest BCUT2D eigenvalue weighted by molar-refractivity contribution is 9.10. The van der Waals surface area contributed by atoms with Crippen LogP contribution in [0.15, 0.2) is 83.3 Å². The van der Waals surface area contributed by atoms with Crippen molar-refractivity contribution in [1.82, 2.24) is 10.6 Å². The van der Waals surface area contributed by atoms with Gasteiger partial charge >= 0.3 is 0 Å². The molecule has 1 unspecified atom stereocenters. The summed E-state index contributed by atoms with van der Waals surface area (Å²) < 4.78 is 6.67. The molecule has 3 amide bonds. The average molecular weight is 694 g/mol. The van der Waals surface area contributed by atoms with E-state index in [9.17, 15) is 19.2 Å². The molecule has 0 aliphatic carbocycles. The first-order valence-electron chi connectivity index (χ1n) is 14.2. The predicted octanol–water partition coefficient (Wildman–Crippen LogP) is 5.52. The number of amides is 3. The van der Waals surface area contributed by atoms with Crippen LogP contribution in [-0.4, -0.2) is 56.3 Å². The Bertz CT molecular complexity index is 1760. The fourth-order valence-corrected chi connectivity index (χ4v) is 5.72. The topological polar surface area (TPSA) is 108 Å². The number of ketones is 1. The van der Waals surface area contributed by atoms with Crippen LogP contribution in [0, 0.1) is 0 Å². The Morgan fingerprint density at radius 3 is 2.29 bits per heavy atom. The number of fused-ring (bicyclic) bond motifs is 2. The number of halogens is 2. The zero-order valence-electron chi connectivity index (χ0n) is 25.3. The summed E-state index contributed by atoms with van der Waals surface area (Å²) in [5.74, 6) is -0.606. The van der Waals surface area contributed by atoms with Crippen molar-refractivity contribution in [1.29, 1.82) is 0 Å². The molecular weight excluding hydrogens is 660 g/mol. The molecule has 1 heterocycles. The molecule has 45 heavy (non-hydrogen) atoms. The number of benzene rings is 4. The van der Waals surface area contributed by atoms with E-state index in [1.54, 1.807) is 68.4 Å². The fraction of sp³-hybridized carbons (Fsp3) is 0.235. The summed E-state index contributed by atoms with van der Waals surface area (Å²) in [6.07, 6.45) is 0. The first-order chi connectivity index (χ1) is 21.1.